The molecule has 12 N–H and O–H groups in total. The van der Waals surface area contributed by atoms with Crippen LogP contribution in [0.5, 0.6) is 0 Å². The zero-order chi connectivity index (χ0) is 46.4. The first kappa shape index (κ1) is 50.3. The Morgan fingerprint density at radius 1 is 0.516 bits per heavy atom. The number of nitrogens with zero attached hydrogens (tertiary/aromatic N) is 6. The van der Waals surface area contributed by atoms with Crippen molar-refractivity contribution in [2.45, 2.75) is 52.5 Å². The molecule has 0 saturated carbocycles. The number of nitrogens with one attached hydrogen (secondary N) is 6. The molecule has 338 valence electrons. The number of benzene rings is 2. The number of nitrogens with two attached hydrogens (primary N) is 3. The van der Waals surface area contributed by atoms with Gasteiger partial charge in [-0.2, -0.15) is 15.0 Å². The first-order valence-corrected chi connectivity index (χ1v) is 19.7. The molecule has 0 radical (unpaired) electrons. The van der Waals surface area contributed by atoms with Crippen LogP contribution < -0.4 is 49.1 Å². The topological polar surface area (TPSA) is 305 Å². The van der Waals surface area contributed by atoms with Crippen molar-refractivity contribution in [1.82, 2.24) is 46.9 Å². The molecule has 6 amide bonds. The largest absolute Gasteiger partial charge is 0.369 e. The lowest BCUT2D eigenvalue weighted by atomic mass is 10.2. The van der Waals surface area contributed by atoms with E-state index in [1.54, 1.807) is 94.0 Å². The van der Waals surface area contributed by atoms with E-state index in [-0.39, 0.29) is 17.9 Å². The number of aliphatic imine (C=N–C) groups is 3. The molecule has 0 bridgehead atoms. The van der Waals surface area contributed by atoms with Gasteiger partial charge in [0.1, 0.15) is 18.7 Å². The molecule has 21 nitrogen and oxygen atoms in total. The Morgan fingerprint density at radius 2 is 0.875 bits per heavy atom. The van der Waals surface area contributed by atoms with E-state index in [0.29, 0.717) is 30.7 Å². The Kier molecular flexibility index (Phi) is 23.0. The van der Waals surface area contributed by atoms with E-state index in [2.05, 4.69) is 61.8 Å². The lowest BCUT2D eigenvalue weighted by Gasteiger charge is -2.15. The van der Waals surface area contributed by atoms with Gasteiger partial charge in [0, 0.05) is 25.7 Å². The van der Waals surface area contributed by atoms with Crippen LogP contribution in [0, 0.1) is 0 Å². The summed E-state index contributed by atoms with van der Waals surface area (Å²) in [5.41, 5.74) is 19.0. The Morgan fingerprint density at radius 3 is 1.25 bits per heavy atom. The van der Waals surface area contributed by atoms with Gasteiger partial charge in [-0.1, -0.05) is 78.9 Å². The van der Waals surface area contributed by atoms with Crippen molar-refractivity contribution in [3.63, 3.8) is 0 Å². The Hall–Kier alpha value is -8.01. The summed E-state index contributed by atoms with van der Waals surface area (Å²) in [6.07, 6.45) is 4.21. The van der Waals surface area contributed by atoms with E-state index in [0.717, 1.165) is 12.0 Å². The summed E-state index contributed by atoms with van der Waals surface area (Å²) in [5.74, 6) is 1.13. The van der Waals surface area contributed by atoms with Gasteiger partial charge >= 0.3 is 18.1 Å². The molecule has 0 fully saturated rings. The number of methoxy groups -OCH3 is 1. The van der Waals surface area contributed by atoms with Gasteiger partial charge in [0.05, 0.1) is 13.2 Å². The standard InChI is InChI=1S/C17H21N5O2.C16H19N5O2.C10H15N5O2/c1-13(24-12-10-14-7-3-2-4-8-14)20-17(23)22-16(18)21-15-9-5-6-11-19-15;1-12(23-11-13-7-3-2-4-8-13)19-16(22)21-15(17)20-14-9-5-6-10-18-14;1-7(17-2)13-10(16)15-9(11)14-8-5-3-4-6-12-8/h2-9,11,13H,10,12H2,1H3,(H4,18,19,20,21,22,23);2-10,12H,11H2,1H3,(H4,17,18,19,20,21,22);3-7H,1-2H3,(H4,11,12,13,14,15,16). The van der Waals surface area contributed by atoms with Gasteiger partial charge in [-0.25, -0.2) is 29.3 Å². The van der Waals surface area contributed by atoms with Crippen molar-refractivity contribution in [2.75, 3.05) is 13.7 Å². The monoisotopic (exact) mass is 877 g/mol. The van der Waals surface area contributed by atoms with Crippen molar-refractivity contribution in [3.05, 3.63) is 145 Å². The van der Waals surface area contributed by atoms with Crippen LogP contribution in [0.15, 0.2) is 149 Å². The number of hydrogen-bond donors (Lipinski definition) is 9. The second-order valence-electron chi connectivity index (χ2n) is 12.9. The van der Waals surface area contributed by atoms with Crippen molar-refractivity contribution in [3.8, 4) is 0 Å². The highest BCUT2D eigenvalue weighted by molar-refractivity contribution is 5.97. The smallest absolute Gasteiger partial charge is 0.323 e. The minimum Gasteiger partial charge on any atom is -0.369 e. The maximum Gasteiger partial charge on any atom is 0.323 e. The SMILES string of the molecule is CC(NC(=O)NC(N)=Nc1ccccn1)OCCc1ccccc1.CC(NC(=O)NC(N)=Nc1ccccn1)OCc1ccccc1.COC(C)NC(=O)NC(N)=Nc1ccccn1. The minimum atomic E-state index is -0.497. The third-order valence-electron chi connectivity index (χ3n) is 7.68. The quantitative estimate of drug-likeness (QED) is 0.0432. The van der Waals surface area contributed by atoms with E-state index in [1.165, 1.54) is 12.7 Å². The number of amides is 6. The van der Waals surface area contributed by atoms with E-state index in [1.807, 2.05) is 60.7 Å². The van der Waals surface area contributed by atoms with Gasteiger partial charge in [-0.15, -0.1) is 0 Å². The fourth-order valence-electron chi connectivity index (χ4n) is 4.66. The fourth-order valence-corrected chi connectivity index (χ4v) is 4.66. The number of ether oxygens (including phenoxy) is 3. The average Bonchev–Trinajstić information content (AvgIpc) is 3.27. The number of rotatable bonds is 14. The van der Waals surface area contributed by atoms with Crippen LogP contribution in [0.1, 0.15) is 31.9 Å². The van der Waals surface area contributed by atoms with Gasteiger partial charge in [0.15, 0.2) is 17.5 Å². The summed E-state index contributed by atoms with van der Waals surface area (Å²) in [5, 5.41) is 14.9. The molecule has 3 unspecified atom stereocenters. The number of carbonyl (C=O) groups is 3. The highest BCUT2D eigenvalue weighted by Gasteiger charge is 2.10. The average molecular weight is 878 g/mol. The molecule has 21 heteroatoms. The first-order chi connectivity index (χ1) is 30.9. The fraction of sp³-hybridized carbons (Fsp3) is 0.233. The Bertz CT molecular complexity index is 2190. The second kappa shape index (κ2) is 29.3. The number of carbonyl (C=O) groups excluding carboxylic acids is 3. The third kappa shape index (κ3) is 23.1. The molecule has 0 saturated heterocycles. The normalized spacial score (nSPS) is 12.6. The molecule has 0 aliphatic heterocycles. The van der Waals surface area contributed by atoms with Crippen molar-refractivity contribution in [2.24, 2.45) is 32.2 Å². The van der Waals surface area contributed by atoms with Gasteiger partial charge in [-0.05, 0) is 74.7 Å². The molecule has 2 aromatic carbocycles. The number of hydrogen-bond acceptors (Lipinski definition) is 12. The molecule has 3 heterocycles. The number of pyridine rings is 3. The lowest BCUT2D eigenvalue weighted by molar-refractivity contribution is 0.0381. The summed E-state index contributed by atoms with van der Waals surface area (Å²) in [6.45, 7) is 6.07. The predicted molar refractivity (Wildman–Crippen MR) is 244 cm³/mol. The van der Waals surface area contributed by atoms with Crippen molar-refractivity contribution < 1.29 is 28.6 Å². The van der Waals surface area contributed by atoms with Crippen LogP contribution in [0.2, 0.25) is 0 Å². The van der Waals surface area contributed by atoms with Gasteiger partial charge < -0.3 is 47.4 Å². The van der Waals surface area contributed by atoms with Crippen LogP contribution in [0.25, 0.3) is 0 Å². The van der Waals surface area contributed by atoms with Crippen LogP contribution in [-0.2, 0) is 27.2 Å². The first-order valence-electron chi connectivity index (χ1n) is 19.7. The molecule has 3 atom stereocenters. The summed E-state index contributed by atoms with van der Waals surface area (Å²) < 4.78 is 15.9. The van der Waals surface area contributed by atoms with Crippen LogP contribution in [0.3, 0.4) is 0 Å². The zero-order valence-electron chi connectivity index (χ0n) is 35.9. The third-order valence-corrected chi connectivity index (χ3v) is 7.68. The number of guanidine groups is 3. The molecule has 0 aliphatic rings. The molecule has 5 rings (SSSR count). The second-order valence-corrected chi connectivity index (χ2v) is 12.9. The summed E-state index contributed by atoms with van der Waals surface area (Å²) in [7, 11) is 1.48. The van der Waals surface area contributed by atoms with Crippen molar-refractivity contribution in [1.29, 1.82) is 0 Å². The highest BCUT2D eigenvalue weighted by Crippen LogP contribution is 2.06. The zero-order valence-corrected chi connectivity index (χ0v) is 35.9. The van der Waals surface area contributed by atoms with Gasteiger partial charge in [-0.3, -0.25) is 16.0 Å². The highest BCUT2D eigenvalue weighted by atomic mass is 16.5. The summed E-state index contributed by atoms with van der Waals surface area (Å²) in [4.78, 5) is 58.7. The Balaban J connectivity index is 0.000000259. The van der Waals surface area contributed by atoms with Gasteiger partial charge in [0.25, 0.3) is 0 Å². The van der Waals surface area contributed by atoms with Crippen LogP contribution in [-0.4, -0.2) is 83.3 Å². The molecule has 0 spiro atoms. The van der Waals surface area contributed by atoms with E-state index >= 15 is 0 Å². The molecule has 3 aromatic heterocycles. The van der Waals surface area contributed by atoms with Crippen molar-refractivity contribution >= 4 is 53.4 Å². The maximum absolute atomic E-state index is 11.8. The molecule has 0 aliphatic carbocycles. The predicted octanol–water partition coefficient (Wildman–Crippen LogP) is 4.14. The molecule has 5 aromatic rings. The maximum atomic E-state index is 11.8. The molecular weight excluding hydrogens is 823 g/mol. The summed E-state index contributed by atoms with van der Waals surface area (Å²) >= 11 is 0. The van der Waals surface area contributed by atoms with E-state index in [4.69, 9.17) is 31.4 Å². The van der Waals surface area contributed by atoms with Crippen LogP contribution in [0.4, 0.5) is 31.8 Å². The Labute approximate surface area is 371 Å². The summed E-state index contributed by atoms with van der Waals surface area (Å²) in [6, 6.07) is 33.9. The number of urea groups is 3. The molecule has 64 heavy (non-hydrogen) atoms. The van der Waals surface area contributed by atoms with Crippen LogP contribution >= 0.6 is 0 Å². The molecular formula is C43H55N15O6. The van der Waals surface area contributed by atoms with Gasteiger partial charge in [0.2, 0.25) is 17.9 Å². The number of aromatic nitrogens is 3. The van der Waals surface area contributed by atoms with E-state index in [9.17, 15) is 14.4 Å². The minimum absolute atomic E-state index is 0.0375. The van der Waals surface area contributed by atoms with E-state index < -0.39 is 36.8 Å². The lowest BCUT2D eigenvalue weighted by Crippen LogP contribution is -2.47.